The van der Waals surface area contributed by atoms with Crippen molar-refractivity contribution in [3.63, 3.8) is 0 Å². The third kappa shape index (κ3) is 2.64. The molecule has 1 saturated heterocycles. The molecule has 4 nitrogen and oxygen atoms in total. The van der Waals surface area contributed by atoms with E-state index in [1.165, 1.54) is 0 Å². The van der Waals surface area contributed by atoms with Gasteiger partial charge in [0.15, 0.2) is 0 Å². The van der Waals surface area contributed by atoms with Crippen LogP contribution in [-0.4, -0.2) is 42.2 Å². The fraction of sp³-hybridized carbons (Fsp3) is 0.500. The fourth-order valence-corrected chi connectivity index (χ4v) is 2.17. The van der Waals surface area contributed by atoms with Crippen LogP contribution >= 0.6 is 0 Å². The van der Waals surface area contributed by atoms with Crippen LogP contribution in [0.25, 0.3) is 0 Å². The molecule has 0 spiro atoms. The van der Waals surface area contributed by atoms with E-state index in [1.807, 2.05) is 13.0 Å². The van der Waals surface area contributed by atoms with E-state index in [2.05, 4.69) is 0 Å². The van der Waals surface area contributed by atoms with Crippen LogP contribution in [-0.2, 0) is 0 Å². The van der Waals surface area contributed by atoms with Crippen molar-refractivity contribution >= 4 is 5.91 Å². The molecular formula is C14H19NO3. The van der Waals surface area contributed by atoms with Crippen LogP contribution in [0.15, 0.2) is 24.3 Å². The zero-order chi connectivity index (χ0) is 13.1. The van der Waals surface area contributed by atoms with Gasteiger partial charge < -0.3 is 14.7 Å². The lowest BCUT2D eigenvalue weighted by Crippen LogP contribution is -2.45. The fourth-order valence-electron chi connectivity index (χ4n) is 2.17. The molecule has 1 aliphatic rings. The Morgan fingerprint density at radius 3 is 2.94 bits per heavy atom. The number of aliphatic hydroxyl groups excluding tert-OH is 1. The summed E-state index contributed by atoms with van der Waals surface area (Å²) in [6, 6.07) is 7.11. The summed E-state index contributed by atoms with van der Waals surface area (Å²) in [7, 11) is 1.58. The summed E-state index contributed by atoms with van der Waals surface area (Å²) < 4.78 is 5.11. The van der Waals surface area contributed by atoms with Crippen LogP contribution in [0.3, 0.4) is 0 Å². The van der Waals surface area contributed by atoms with Gasteiger partial charge in [-0.2, -0.15) is 0 Å². The van der Waals surface area contributed by atoms with Gasteiger partial charge in [0.2, 0.25) is 0 Å². The van der Waals surface area contributed by atoms with Gasteiger partial charge in [-0.05, 0) is 30.5 Å². The number of likely N-dealkylation sites (tertiary alicyclic amines) is 1. The summed E-state index contributed by atoms with van der Waals surface area (Å²) in [6.45, 7) is 3.13. The molecule has 1 aromatic carbocycles. The van der Waals surface area contributed by atoms with Crippen LogP contribution in [0.2, 0.25) is 0 Å². The van der Waals surface area contributed by atoms with Gasteiger partial charge in [-0.1, -0.05) is 13.0 Å². The summed E-state index contributed by atoms with van der Waals surface area (Å²) in [5.74, 6) is 0.894. The monoisotopic (exact) mass is 249 g/mol. The molecular weight excluding hydrogens is 230 g/mol. The quantitative estimate of drug-likeness (QED) is 0.865. The van der Waals surface area contributed by atoms with E-state index in [0.29, 0.717) is 24.4 Å². The maximum atomic E-state index is 12.3. The molecule has 0 radical (unpaired) electrons. The van der Waals surface area contributed by atoms with Crippen LogP contribution in [0, 0.1) is 5.92 Å². The molecule has 1 aliphatic heterocycles. The molecule has 18 heavy (non-hydrogen) atoms. The second-order valence-electron chi connectivity index (χ2n) is 4.82. The molecule has 2 atom stereocenters. The Morgan fingerprint density at radius 1 is 1.50 bits per heavy atom. The van der Waals surface area contributed by atoms with E-state index in [0.717, 1.165) is 6.42 Å². The number of piperidine rings is 1. The number of hydrogen-bond donors (Lipinski definition) is 1. The number of carbonyl (C=O) groups excluding carboxylic acids is 1. The number of benzene rings is 1. The maximum Gasteiger partial charge on any atom is 0.254 e. The second kappa shape index (κ2) is 5.40. The number of β-amino-alcohol motifs (C(OH)–C–C–N with tert-alkyl or cyclic N) is 1. The molecule has 2 rings (SSSR count). The topological polar surface area (TPSA) is 49.8 Å². The molecule has 0 aromatic heterocycles. The van der Waals surface area contributed by atoms with Crippen molar-refractivity contribution in [1.82, 2.24) is 4.90 Å². The minimum Gasteiger partial charge on any atom is -0.497 e. The highest BCUT2D eigenvalue weighted by Crippen LogP contribution is 2.20. The van der Waals surface area contributed by atoms with E-state index in [-0.39, 0.29) is 11.8 Å². The Labute approximate surface area is 107 Å². The Balaban J connectivity index is 2.11. The van der Waals surface area contributed by atoms with Gasteiger partial charge >= 0.3 is 0 Å². The van der Waals surface area contributed by atoms with Crippen molar-refractivity contribution in [3.05, 3.63) is 29.8 Å². The van der Waals surface area contributed by atoms with Gasteiger partial charge in [0.1, 0.15) is 5.75 Å². The molecule has 1 amide bonds. The maximum absolute atomic E-state index is 12.3. The summed E-state index contributed by atoms with van der Waals surface area (Å²) in [5, 5.41) is 9.83. The van der Waals surface area contributed by atoms with Gasteiger partial charge in [-0.15, -0.1) is 0 Å². The van der Waals surface area contributed by atoms with Gasteiger partial charge in [-0.3, -0.25) is 4.79 Å². The molecule has 1 N–H and O–H groups in total. The molecule has 4 heteroatoms. The number of nitrogens with zero attached hydrogens (tertiary/aromatic N) is 1. The van der Waals surface area contributed by atoms with Crippen molar-refractivity contribution in [2.75, 3.05) is 20.2 Å². The lowest BCUT2D eigenvalue weighted by molar-refractivity contribution is 0.0248. The average molecular weight is 249 g/mol. The summed E-state index contributed by atoms with van der Waals surface area (Å²) in [6.07, 6.45) is 0.421. The van der Waals surface area contributed by atoms with Crippen molar-refractivity contribution in [1.29, 1.82) is 0 Å². The molecule has 2 unspecified atom stereocenters. The van der Waals surface area contributed by atoms with Crippen molar-refractivity contribution in [2.45, 2.75) is 19.4 Å². The Bertz CT molecular complexity index is 433. The molecule has 98 valence electrons. The van der Waals surface area contributed by atoms with Gasteiger partial charge in [0, 0.05) is 18.7 Å². The minimum atomic E-state index is -0.423. The average Bonchev–Trinajstić information content (AvgIpc) is 2.41. The third-order valence-corrected chi connectivity index (χ3v) is 3.52. The number of amides is 1. The number of rotatable bonds is 2. The predicted molar refractivity (Wildman–Crippen MR) is 68.7 cm³/mol. The van der Waals surface area contributed by atoms with E-state index in [1.54, 1.807) is 30.2 Å². The molecule has 0 saturated carbocycles. The minimum absolute atomic E-state index is 0.0418. The predicted octanol–water partition coefficient (Wildman–Crippen LogP) is 1.54. The number of methoxy groups -OCH3 is 1. The zero-order valence-electron chi connectivity index (χ0n) is 10.8. The number of aliphatic hydroxyl groups is 1. The number of ether oxygens (including phenoxy) is 1. The van der Waals surface area contributed by atoms with Crippen LogP contribution < -0.4 is 4.74 Å². The van der Waals surface area contributed by atoms with Gasteiger partial charge in [-0.25, -0.2) is 0 Å². The third-order valence-electron chi connectivity index (χ3n) is 3.52. The highest BCUT2D eigenvalue weighted by atomic mass is 16.5. The highest BCUT2D eigenvalue weighted by molar-refractivity contribution is 5.94. The smallest absolute Gasteiger partial charge is 0.254 e. The molecule has 1 aromatic rings. The van der Waals surface area contributed by atoms with Crippen molar-refractivity contribution < 1.29 is 14.6 Å². The van der Waals surface area contributed by atoms with Crippen LogP contribution in [0.4, 0.5) is 0 Å². The zero-order valence-corrected chi connectivity index (χ0v) is 10.8. The first kappa shape index (κ1) is 12.9. The molecule has 0 aliphatic carbocycles. The van der Waals surface area contributed by atoms with Crippen LogP contribution in [0.1, 0.15) is 23.7 Å². The summed E-state index contributed by atoms with van der Waals surface area (Å²) in [4.78, 5) is 14.0. The Morgan fingerprint density at radius 2 is 2.28 bits per heavy atom. The summed E-state index contributed by atoms with van der Waals surface area (Å²) >= 11 is 0. The first-order chi connectivity index (χ1) is 8.61. The second-order valence-corrected chi connectivity index (χ2v) is 4.82. The number of hydrogen-bond acceptors (Lipinski definition) is 3. The Hall–Kier alpha value is -1.55. The molecule has 0 bridgehead atoms. The standard InChI is InChI=1S/C14H19NO3/c1-10-6-7-15(9-13(10)16)14(17)11-4-3-5-12(8-11)18-2/h3-5,8,10,13,16H,6-7,9H2,1-2H3. The Kier molecular flexibility index (Phi) is 3.87. The van der Waals surface area contributed by atoms with E-state index in [4.69, 9.17) is 4.74 Å². The lowest BCUT2D eigenvalue weighted by Gasteiger charge is -2.34. The molecule has 1 fully saturated rings. The highest BCUT2D eigenvalue weighted by Gasteiger charge is 2.27. The van der Waals surface area contributed by atoms with E-state index in [9.17, 15) is 9.90 Å². The summed E-state index contributed by atoms with van der Waals surface area (Å²) in [5.41, 5.74) is 0.608. The largest absolute Gasteiger partial charge is 0.497 e. The van der Waals surface area contributed by atoms with Crippen LogP contribution in [0.5, 0.6) is 5.75 Å². The lowest BCUT2D eigenvalue weighted by atomic mass is 9.95. The van der Waals surface area contributed by atoms with E-state index >= 15 is 0 Å². The molecule has 1 heterocycles. The first-order valence-electron chi connectivity index (χ1n) is 6.23. The number of carbonyl (C=O) groups is 1. The van der Waals surface area contributed by atoms with Crippen molar-refractivity contribution in [3.8, 4) is 5.75 Å². The first-order valence-corrected chi connectivity index (χ1v) is 6.23. The normalized spacial score (nSPS) is 23.8. The van der Waals surface area contributed by atoms with Crippen molar-refractivity contribution in [2.24, 2.45) is 5.92 Å². The van der Waals surface area contributed by atoms with E-state index < -0.39 is 6.10 Å². The van der Waals surface area contributed by atoms with Gasteiger partial charge in [0.25, 0.3) is 5.91 Å². The van der Waals surface area contributed by atoms with Gasteiger partial charge in [0.05, 0.1) is 13.2 Å². The SMILES string of the molecule is COc1cccc(C(=O)N2CCC(C)C(O)C2)c1.